The van der Waals surface area contributed by atoms with E-state index in [1.54, 1.807) is 7.11 Å². The fourth-order valence-electron chi connectivity index (χ4n) is 1.34. The Hall–Kier alpha value is -0.940. The van der Waals surface area contributed by atoms with Crippen LogP contribution >= 0.6 is 0 Å². The summed E-state index contributed by atoms with van der Waals surface area (Å²) in [5.74, 6) is 1.36. The Bertz CT molecular complexity index is 331. The molecule has 0 aromatic carbocycles. The molecular weight excluding hydrogens is 218 g/mol. The lowest BCUT2D eigenvalue weighted by molar-refractivity contribution is 0.194. The lowest BCUT2D eigenvalue weighted by Gasteiger charge is -2.25. The van der Waals surface area contributed by atoms with Crippen molar-refractivity contribution in [2.75, 3.05) is 13.7 Å². The number of hydrogen-bond acceptors (Lipinski definition) is 5. The molecule has 0 radical (unpaired) electrons. The summed E-state index contributed by atoms with van der Waals surface area (Å²) >= 11 is 0. The summed E-state index contributed by atoms with van der Waals surface area (Å²) in [7, 11) is 1.68. The van der Waals surface area contributed by atoms with Crippen LogP contribution in [-0.4, -0.2) is 29.9 Å². The van der Waals surface area contributed by atoms with Gasteiger partial charge in [-0.1, -0.05) is 25.9 Å². The maximum Gasteiger partial charge on any atom is 0.228 e. The molecule has 1 rings (SSSR count). The minimum atomic E-state index is 0.0229. The van der Waals surface area contributed by atoms with Crippen LogP contribution in [0.5, 0.6) is 0 Å². The number of hydrogen-bond donors (Lipinski definition) is 1. The summed E-state index contributed by atoms with van der Waals surface area (Å²) in [4.78, 5) is 4.32. The van der Waals surface area contributed by atoms with Crippen LogP contribution in [0.2, 0.25) is 0 Å². The van der Waals surface area contributed by atoms with Crippen molar-refractivity contribution in [3.8, 4) is 0 Å². The first-order valence-corrected chi connectivity index (χ1v) is 5.99. The highest BCUT2D eigenvalue weighted by atomic mass is 16.5. The fraction of sp³-hybridized carbons (Fsp3) is 0.833. The van der Waals surface area contributed by atoms with Gasteiger partial charge in [0, 0.05) is 32.6 Å². The highest BCUT2D eigenvalue weighted by Gasteiger charge is 2.23. The first-order chi connectivity index (χ1) is 7.93. The number of nitrogens with zero attached hydrogens (tertiary/aromatic N) is 2. The van der Waals surface area contributed by atoms with E-state index in [-0.39, 0.29) is 11.5 Å². The normalized spacial score (nSPS) is 13.9. The van der Waals surface area contributed by atoms with Gasteiger partial charge in [-0.3, -0.25) is 0 Å². The minimum absolute atomic E-state index is 0.0229. The molecule has 0 saturated heterocycles. The molecule has 5 nitrogen and oxygen atoms in total. The zero-order valence-electron chi connectivity index (χ0n) is 11.2. The van der Waals surface area contributed by atoms with E-state index in [2.05, 4.69) is 30.9 Å². The van der Waals surface area contributed by atoms with Gasteiger partial charge in [0.2, 0.25) is 5.89 Å². The second-order valence-corrected chi connectivity index (χ2v) is 5.38. The summed E-state index contributed by atoms with van der Waals surface area (Å²) < 4.78 is 10.2. The molecule has 1 aromatic rings. The third-order valence-corrected chi connectivity index (χ3v) is 2.77. The molecule has 0 aliphatic carbocycles. The molecule has 0 fully saturated rings. The van der Waals surface area contributed by atoms with Crippen LogP contribution in [0, 0.1) is 5.41 Å². The average Bonchev–Trinajstić information content (AvgIpc) is 2.65. The zero-order chi connectivity index (χ0) is 12.9. The average molecular weight is 241 g/mol. The van der Waals surface area contributed by atoms with E-state index in [4.69, 9.17) is 15.0 Å². The predicted octanol–water partition coefficient (Wildman–Crippen LogP) is 1.56. The largest absolute Gasteiger partial charge is 0.385 e. The van der Waals surface area contributed by atoms with Gasteiger partial charge in [-0.15, -0.1) is 0 Å². The summed E-state index contributed by atoms with van der Waals surface area (Å²) in [5, 5.41) is 3.93. The van der Waals surface area contributed by atoms with E-state index in [0.29, 0.717) is 18.9 Å². The quantitative estimate of drug-likeness (QED) is 0.765. The molecule has 5 heteroatoms. The fourth-order valence-corrected chi connectivity index (χ4v) is 1.34. The van der Waals surface area contributed by atoms with Crippen LogP contribution in [-0.2, 0) is 17.6 Å². The van der Waals surface area contributed by atoms with Gasteiger partial charge in [0.15, 0.2) is 5.82 Å². The van der Waals surface area contributed by atoms with Gasteiger partial charge in [0.05, 0.1) is 0 Å². The molecular formula is C12H23N3O2. The number of aromatic nitrogens is 2. The molecule has 1 atom stereocenters. The van der Waals surface area contributed by atoms with E-state index >= 15 is 0 Å². The van der Waals surface area contributed by atoms with Crippen molar-refractivity contribution in [1.82, 2.24) is 10.1 Å². The van der Waals surface area contributed by atoms with E-state index in [0.717, 1.165) is 18.7 Å². The van der Waals surface area contributed by atoms with Crippen molar-refractivity contribution in [3.63, 3.8) is 0 Å². The van der Waals surface area contributed by atoms with Gasteiger partial charge < -0.3 is 15.0 Å². The van der Waals surface area contributed by atoms with Crippen LogP contribution in [0.25, 0.3) is 0 Å². The molecule has 0 aliphatic rings. The smallest absolute Gasteiger partial charge is 0.228 e. The Morgan fingerprint density at radius 3 is 2.71 bits per heavy atom. The summed E-state index contributed by atoms with van der Waals surface area (Å²) in [5.41, 5.74) is 6.11. The molecule has 2 N–H and O–H groups in total. The second-order valence-electron chi connectivity index (χ2n) is 5.38. The molecule has 17 heavy (non-hydrogen) atoms. The number of methoxy groups -OCH3 is 1. The molecule has 0 saturated carbocycles. The maximum atomic E-state index is 6.07. The van der Waals surface area contributed by atoms with Crippen LogP contribution in [0.4, 0.5) is 0 Å². The third kappa shape index (κ3) is 4.83. The summed E-state index contributed by atoms with van der Waals surface area (Å²) in [6.45, 7) is 7.03. The van der Waals surface area contributed by atoms with Crippen molar-refractivity contribution >= 4 is 0 Å². The molecule has 98 valence electrons. The SMILES string of the molecule is COCCCc1noc(CC(N)C(C)(C)C)n1. The Balaban J connectivity index is 2.45. The van der Waals surface area contributed by atoms with Crippen LogP contribution in [0.3, 0.4) is 0 Å². The third-order valence-electron chi connectivity index (χ3n) is 2.77. The van der Waals surface area contributed by atoms with Crippen molar-refractivity contribution in [1.29, 1.82) is 0 Å². The Morgan fingerprint density at radius 2 is 2.12 bits per heavy atom. The number of nitrogens with two attached hydrogens (primary N) is 1. The molecule has 0 bridgehead atoms. The number of ether oxygens (including phenoxy) is 1. The molecule has 0 spiro atoms. The lowest BCUT2D eigenvalue weighted by atomic mass is 9.85. The number of rotatable bonds is 6. The first kappa shape index (κ1) is 14.1. The second kappa shape index (κ2) is 6.12. The summed E-state index contributed by atoms with van der Waals surface area (Å²) in [6, 6.07) is 0.0229. The molecule has 1 heterocycles. The van der Waals surface area contributed by atoms with Gasteiger partial charge in [0.25, 0.3) is 0 Å². The Labute approximate surface area is 103 Å². The van der Waals surface area contributed by atoms with Crippen LogP contribution in [0.15, 0.2) is 4.52 Å². The van der Waals surface area contributed by atoms with Gasteiger partial charge in [0.1, 0.15) is 0 Å². The first-order valence-electron chi connectivity index (χ1n) is 5.99. The molecule has 0 amide bonds. The monoisotopic (exact) mass is 241 g/mol. The van der Waals surface area contributed by atoms with Crippen molar-refractivity contribution < 1.29 is 9.26 Å². The summed E-state index contributed by atoms with van der Waals surface area (Å²) in [6.07, 6.45) is 2.31. The highest BCUT2D eigenvalue weighted by Crippen LogP contribution is 2.20. The molecule has 0 aliphatic heterocycles. The van der Waals surface area contributed by atoms with Gasteiger partial charge in [-0.05, 0) is 11.8 Å². The van der Waals surface area contributed by atoms with Crippen LogP contribution in [0.1, 0.15) is 38.9 Å². The Kier molecular flexibility index (Phi) is 5.08. The van der Waals surface area contributed by atoms with Crippen molar-refractivity contribution in [3.05, 3.63) is 11.7 Å². The predicted molar refractivity (Wildman–Crippen MR) is 65.6 cm³/mol. The lowest BCUT2D eigenvalue weighted by Crippen LogP contribution is -2.37. The maximum absolute atomic E-state index is 6.07. The van der Waals surface area contributed by atoms with E-state index in [1.807, 2.05) is 0 Å². The minimum Gasteiger partial charge on any atom is -0.385 e. The highest BCUT2D eigenvalue weighted by molar-refractivity contribution is 4.92. The Morgan fingerprint density at radius 1 is 1.41 bits per heavy atom. The van der Waals surface area contributed by atoms with E-state index < -0.39 is 0 Å². The van der Waals surface area contributed by atoms with Gasteiger partial charge in [-0.25, -0.2) is 0 Å². The van der Waals surface area contributed by atoms with Gasteiger partial charge >= 0.3 is 0 Å². The van der Waals surface area contributed by atoms with E-state index in [1.165, 1.54) is 0 Å². The number of aryl methyl sites for hydroxylation is 1. The van der Waals surface area contributed by atoms with Crippen LogP contribution < -0.4 is 5.73 Å². The van der Waals surface area contributed by atoms with Crippen molar-refractivity contribution in [2.24, 2.45) is 11.1 Å². The van der Waals surface area contributed by atoms with E-state index in [9.17, 15) is 0 Å². The standard InChI is InChI=1S/C12H23N3O2/c1-12(2,3)9(13)8-11-14-10(15-17-11)6-5-7-16-4/h9H,5-8,13H2,1-4H3. The van der Waals surface area contributed by atoms with Gasteiger partial charge in [-0.2, -0.15) is 4.98 Å². The van der Waals surface area contributed by atoms with Crippen molar-refractivity contribution in [2.45, 2.75) is 46.1 Å². The topological polar surface area (TPSA) is 74.2 Å². The molecule has 1 aromatic heterocycles. The zero-order valence-corrected chi connectivity index (χ0v) is 11.2. The molecule has 1 unspecified atom stereocenters.